The summed E-state index contributed by atoms with van der Waals surface area (Å²) < 4.78 is 5.21. The van der Waals surface area contributed by atoms with E-state index < -0.39 is 0 Å². The van der Waals surface area contributed by atoms with Crippen LogP contribution in [0.1, 0.15) is 15.9 Å². The van der Waals surface area contributed by atoms with Gasteiger partial charge in [0.2, 0.25) is 5.88 Å². The van der Waals surface area contributed by atoms with Crippen LogP contribution in [0.4, 0.5) is 5.82 Å². The summed E-state index contributed by atoms with van der Waals surface area (Å²) in [7, 11) is 3.53. The average molecular weight is 257 g/mol. The minimum atomic E-state index is 0.566. The SMILES string of the molecule is COc1ncccc1CN(C)c1ccc(C=O)cn1. The lowest BCUT2D eigenvalue weighted by Gasteiger charge is -2.19. The Morgan fingerprint density at radius 1 is 1.32 bits per heavy atom. The van der Waals surface area contributed by atoms with Crippen LogP contribution in [-0.2, 0) is 6.54 Å². The number of hydrogen-bond donors (Lipinski definition) is 0. The van der Waals surface area contributed by atoms with E-state index in [-0.39, 0.29) is 0 Å². The summed E-state index contributed by atoms with van der Waals surface area (Å²) in [6.07, 6.45) is 4.03. The summed E-state index contributed by atoms with van der Waals surface area (Å²) in [6, 6.07) is 7.38. The van der Waals surface area contributed by atoms with Gasteiger partial charge in [0.15, 0.2) is 6.29 Å². The molecule has 5 nitrogen and oxygen atoms in total. The largest absolute Gasteiger partial charge is 0.481 e. The third-order valence-electron chi connectivity index (χ3n) is 2.75. The Morgan fingerprint density at radius 3 is 2.79 bits per heavy atom. The van der Waals surface area contributed by atoms with Crippen LogP contribution in [0.25, 0.3) is 0 Å². The number of anilines is 1. The summed E-state index contributed by atoms with van der Waals surface area (Å²) in [4.78, 5) is 20.9. The van der Waals surface area contributed by atoms with E-state index in [4.69, 9.17) is 4.74 Å². The molecule has 5 heteroatoms. The molecule has 19 heavy (non-hydrogen) atoms. The number of ether oxygens (including phenoxy) is 1. The Hall–Kier alpha value is -2.43. The van der Waals surface area contributed by atoms with Crippen molar-refractivity contribution in [1.29, 1.82) is 0 Å². The van der Waals surface area contributed by atoms with Gasteiger partial charge in [0.25, 0.3) is 0 Å². The highest BCUT2D eigenvalue weighted by Gasteiger charge is 2.08. The molecule has 2 aromatic heterocycles. The molecule has 0 aliphatic rings. The summed E-state index contributed by atoms with van der Waals surface area (Å²) >= 11 is 0. The van der Waals surface area contributed by atoms with Gasteiger partial charge in [0.1, 0.15) is 5.82 Å². The van der Waals surface area contributed by atoms with E-state index in [1.807, 2.05) is 30.1 Å². The number of aldehydes is 1. The highest BCUT2D eigenvalue weighted by molar-refractivity contribution is 5.74. The highest BCUT2D eigenvalue weighted by atomic mass is 16.5. The monoisotopic (exact) mass is 257 g/mol. The highest BCUT2D eigenvalue weighted by Crippen LogP contribution is 2.18. The van der Waals surface area contributed by atoms with Crippen molar-refractivity contribution in [3.63, 3.8) is 0 Å². The topological polar surface area (TPSA) is 55.3 Å². The lowest BCUT2D eigenvalue weighted by Crippen LogP contribution is -2.18. The molecular formula is C14H15N3O2. The zero-order valence-corrected chi connectivity index (χ0v) is 10.9. The zero-order valence-electron chi connectivity index (χ0n) is 10.9. The first kappa shape index (κ1) is 13.0. The van der Waals surface area contributed by atoms with Crippen LogP contribution in [0.3, 0.4) is 0 Å². The molecule has 98 valence electrons. The number of hydrogen-bond acceptors (Lipinski definition) is 5. The molecule has 0 atom stereocenters. The van der Waals surface area contributed by atoms with Crippen molar-refractivity contribution in [1.82, 2.24) is 9.97 Å². The maximum Gasteiger partial charge on any atom is 0.218 e. The molecule has 0 radical (unpaired) electrons. The molecule has 0 unspecified atom stereocenters. The van der Waals surface area contributed by atoms with Gasteiger partial charge in [-0.1, -0.05) is 6.07 Å². The summed E-state index contributed by atoms with van der Waals surface area (Å²) in [5.41, 5.74) is 1.55. The lowest BCUT2D eigenvalue weighted by molar-refractivity contribution is 0.112. The van der Waals surface area contributed by atoms with Crippen LogP contribution >= 0.6 is 0 Å². The van der Waals surface area contributed by atoms with Gasteiger partial charge < -0.3 is 9.64 Å². The maximum absolute atomic E-state index is 10.6. The molecule has 0 aliphatic carbocycles. The van der Waals surface area contributed by atoms with E-state index in [9.17, 15) is 4.79 Å². The summed E-state index contributed by atoms with van der Waals surface area (Å²) in [6.45, 7) is 0.629. The van der Waals surface area contributed by atoms with E-state index in [0.717, 1.165) is 17.7 Å². The predicted octanol–water partition coefficient (Wildman–Crippen LogP) is 1.93. The van der Waals surface area contributed by atoms with Crippen molar-refractivity contribution in [2.24, 2.45) is 0 Å². The van der Waals surface area contributed by atoms with Crippen LogP contribution in [0.15, 0.2) is 36.7 Å². The van der Waals surface area contributed by atoms with Crippen molar-refractivity contribution in [3.8, 4) is 5.88 Å². The van der Waals surface area contributed by atoms with Crippen LogP contribution in [0.5, 0.6) is 5.88 Å². The molecular weight excluding hydrogens is 242 g/mol. The van der Waals surface area contributed by atoms with Gasteiger partial charge in [-0.2, -0.15) is 0 Å². The van der Waals surface area contributed by atoms with Gasteiger partial charge in [-0.3, -0.25) is 4.79 Å². The minimum absolute atomic E-state index is 0.566. The molecule has 0 saturated heterocycles. The zero-order chi connectivity index (χ0) is 13.7. The summed E-state index contributed by atoms with van der Waals surface area (Å²) in [5, 5.41) is 0. The van der Waals surface area contributed by atoms with Crippen LogP contribution in [-0.4, -0.2) is 30.4 Å². The van der Waals surface area contributed by atoms with Crippen molar-refractivity contribution in [2.75, 3.05) is 19.1 Å². The molecule has 0 amide bonds. The first-order valence-electron chi connectivity index (χ1n) is 5.85. The second kappa shape index (κ2) is 5.95. The molecule has 2 aromatic rings. The number of carbonyl (C=O) groups excluding carboxylic acids is 1. The first-order valence-corrected chi connectivity index (χ1v) is 5.85. The minimum Gasteiger partial charge on any atom is -0.481 e. The Labute approximate surface area is 111 Å². The number of aromatic nitrogens is 2. The molecule has 0 fully saturated rings. The van der Waals surface area contributed by atoms with Gasteiger partial charge in [-0.15, -0.1) is 0 Å². The Morgan fingerprint density at radius 2 is 2.16 bits per heavy atom. The molecule has 0 N–H and O–H groups in total. The lowest BCUT2D eigenvalue weighted by atomic mass is 10.2. The molecule has 0 bridgehead atoms. The first-order chi connectivity index (χ1) is 9.24. The van der Waals surface area contributed by atoms with E-state index >= 15 is 0 Å². The van der Waals surface area contributed by atoms with E-state index in [0.29, 0.717) is 18.0 Å². The molecule has 0 aromatic carbocycles. The standard InChI is InChI=1S/C14H15N3O2/c1-17(13-6-5-11(10-18)8-16-13)9-12-4-3-7-15-14(12)19-2/h3-8,10H,9H2,1-2H3. The molecule has 0 spiro atoms. The number of pyridine rings is 2. The second-order valence-electron chi connectivity index (χ2n) is 4.10. The fraction of sp³-hybridized carbons (Fsp3) is 0.214. The molecule has 0 aliphatic heterocycles. The molecule has 0 saturated carbocycles. The van der Waals surface area contributed by atoms with Gasteiger partial charge in [-0.05, 0) is 18.2 Å². The van der Waals surface area contributed by atoms with Crippen molar-refractivity contribution in [2.45, 2.75) is 6.54 Å². The van der Waals surface area contributed by atoms with Gasteiger partial charge >= 0.3 is 0 Å². The average Bonchev–Trinajstić information content (AvgIpc) is 2.48. The number of methoxy groups -OCH3 is 1. The Balaban J connectivity index is 2.15. The van der Waals surface area contributed by atoms with Crippen LogP contribution < -0.4 is 9.64 Å². The van der Waals surface area contributed by atoms with E-state index in [2.05, 4.69) is 9.97 Å². The molecule has 2 rings (SSSR count). The maximum atomic E-state index is 10.6. The fourth-order valence-corrected chi connectivity index (χ4v) is 1.76. The Kier molecular flexibility index (Phi) is 4.07. The summed E-state index contributed by atoms with van der Waals surface area (Å²) in [5.74, 6) is 1.40. The normalized spacial score (nSPS) is 10.0. The predicted molar refractivity (Wildman–Crippen MR) is 72.5 cm³/mol. The van der Waals surface area contributed by atoms with E-state index in [1.54, 1.807) is 25.6 Å². The van der Waals surface area contributed by atoms with Crippen LogP contribution in [0, 0.1) is 0 Å². The van der Waals surface area contributed by atoms with E-state index in [1.165, 1.54) is 0 Å². The van der Waals surface area contributed by atoms with Crippen molar-refractivity contribution >= 4 is 12.1 Å². The molecule has 2 heterocycles. The third-order valence-corrected chi connectivity index (χ3v) is 2.75. The van der Waals surface area contributed by atoms with Crippen molar-refractivity contribution < 1.29 is 9.53 Å². The Bertz CT molecular complexity index is 555. The quantitative estimate of drug-likeness (QED) is 0.766. The van der Waals surface area contributed by atoms with Crippen molar-refractivity contribution in [3.05, 3.63) is 47.8 Å². The van der Waals surface area contributed by atoms with Gasteiger partial charge in [0, 0.05) is 37.1 Å². The number of rotatable bonds is 5. The van der Waals surface area contributed by atoms with Gasteiger partial charge in [0.05, 0.1) is 7.11 Å². The number of carbonyl (C=O) groups is 1. The van der Waals surface area contributed by atoms with Gasteiger partial charge in [-0.25, -0.2) is 9.97 Å². The van der Waals surface area contributed by atoms with Crippen LogP contribution in [0.2, 0.25) is 0 Å². The smallest absolute Gasteiger partial charge is 0.218 e. The fourth-order valence-electron chi connectivity index (χ4n) is 1.76. The number of nitrogens with zero attached hydrogens (tertiary/aromatic N) is 3. The third kappa shape index (κ3) is 3.07. The second-order valence-corrected chi connectivity index (χ2v) is 4.10.